The average molecular weight is 355 g/mol. The van der Waals surface area contributed by atoms with E-state index in [2.05, 4.69) is 6.58 Å². The summed E-state index contributed by atoms with van der Waals surface area (Å²) in [6, 6.07) is -0.638. The summed E-state index contributed by atoms with van der Waals surface area (Å²) in [6.45, 7) is 14.7. The molecule has 0 spiro atoms. The van der Waals surface area contributed by atoms with Crippen LogP contribution >= 0.6 is 0 Å². The number of esters is 1. The number of carbonyl (C=O) groups excluding carboxylic acids is 3. The Hall–Kier alpha value is -1.73. The van der Waals surface area contributed by atoms with Crippen molar-refractivity contribution in [3.8, 4) is 0 Å². The number of rotatable bonds is 9. The monoisotopic (exact) mass is 355 g/mol. The maximum atomic E-state index is 12.3. The van der Waals surface area contributed by atoms with Crippen LogP contribution in [0.3, 0.4) is 0 Å². The Balaban J connectivity index is 2.95. The Labute approximate surface area is 149 Å². The number of nitrogens with zero attached hydrogens (tertiary/aromatic N) is 1. The van der Waals surface area contributed by atoms with Gasteiger partial charge in [-0.15, -0.1) is 0 Å². The summed E-state index contributed by atoms with van der Waals surface area (Å²) in [7, 11) is 0. The molecule has 0 N–H and O–H groups in total. The van der Waals surface area contributed by atoms with Crippen molar-refractivity contribution < 1.29 is 28.6 Å². The lowest BCUT2D eigenvalue weighted by Crippen LogP contribution is -2.66. The van der Waals surface area contributed by atoms with Crippen molar-refractivity contribution in [3.63, 3.8) is 0 Å². The number of hydrogen-bond acceptors (Lipinski definition) is 6. The lowest BCUT2D eigenvalue weighted by molar-refractivity contribution is -0.174. The van der Waals surface area contributed by atoms with Crippen LogP contribution in [-0.2, 0) is 28.6 Å². The van der Waals surface area contributed by atoms with Crippen LogP contribution in [0.15, 0.2) is 12.2 Å². The molecule has 2 unspecified atom stereocenters. The first kappa shape index (κ1) is 21.3. The average Bonchev–Trinajstić information content (AvgIpc) is 2.46. The number of β-lactam (4-membered cyclic amide) rings is 1. The minimum Gasteiger partial charge on any atom is -0.459 e. The molecule has 0 aromatic carbocycles. The molecule has 0 radical (unpaired) electrons. The second kappa shape index (κ2) is 8.58. The molecule has 7 heteroatoms. The van der Waals surface area contributed by atoms with Crippen LogP contribution in [-0.4, -0.2) is 60.3 Å². The van der Waals surface area contributed by atoms with Gasteiger partial charge in [-0.2, -0.15) is 0 Å². The van der Waals surface area contributed by atoms with Crippen LogP contribution in [0.5, 0.6) is 0 Å². The SMILES string of the molecule is C=C(C(OCC)OCC)C1C(C(C)=O)C(=O)N1CC(=O)OC(C)(C)C. The zero-order valence-corrected chi connectivity index (χ0v) is 16.0. The van der Waals surface area contributed by atoms with E-state index >= 15 is 0 Å². The third-order valence-corrected chi connectivity index (χ3v) is 3.68. The highest BCUT2D eigenvalue weighted by molar-refractivity contribution is 6.07. The smallest absolute Gasteiger partial charge is 0.326 e. The minimum atomic E-state index is -0.863. The molecule has 2 atom stereocenters. The molecule has 1 amide bonds. The number of ketones is 1. The zero-order chi connectivity index (χ0) is 19.4. The van der Waals surface area contributed by atoms with Crippen LogP contribution in [0.2, 0.25) is 0 Å². The topological polar surface area (TPSA) is 82.1 Å². The largest absolute Gasteiger partial charge is 0.459 e. The van der Waals surface area contributed by atoms with Crippen LogP contribution in [0.25, 0.3) is 0 Å². The van der Waals surface area contributed by atoms with E-state index in [9.17, 15) is 14.4 Å². The predicted octanol–water partition coefficient (Wildman–Crippen LogP) is 1.70. The molecule has 1 fully saturated rings. The van der Waals surface area contributed by atoms with E-state index in [4.69, 9.17) is 14.2 Å². The summed E-state index contributed by atoms with van der Waals surface area (Å²) < 4.78 is 16.3. The fourth-order valence-electron chi connectivity index (χ4n) is 2.75. The first-order valence-corrected chi connectivity index (χ1v) is 8.48. The molecular weight excluding hydrogens is 326 g/mol. The van der Waals surface area contributed by atoms with Gasteiger partial charge < -0.3 is 19.1 Å². The fraction of sp³-hybridized carbons (Fsp3) is 0.722. The van der Waals surface area contributed by atoms with Crippen molar-refractivity contribution in [2.75, 3.05) is 19.8 Å². The van der Waals surface area contributed by atoms with Gasteiger partial charge in [-0.05, 0) is 41.5 Å². The Morgan fingerprint density at radius 1 is 1.20 bits per heavy atom. The van der Waals surface area contributed by atoms with Gasteiger partial charge in [0, 0.05) is 18.8 Å². The predicted molar refractivity (Wildman–Crippen MR) is 91.7 cm³/mol. The van der Waals surface area contributed by atoms with Crippen molar-refractivity contribution in [2.24, 2.45) is 5.92 Å². The van der Waals surface area contributed by atoms with Gasteiger partial charge in [-0.25, -0.2) is 0 Å². The first-order valence-electron chi connectivity index (χ1n) is 8.48. The van der Waals surface area contributed by atoms with Crippen molar-refractivity contribution in [1.82, 2.24) is 4.90 Å². The molecule has 1 saturated heterocycles. The molecule has 25 heavy (non-hydrogen) atoms. The van der Waals surface area contributed by atoms with Crippen molar-refractivity contribution in [2.45, 2.75) is 59.5 Å². The van der Waals surface area contributed by atoms with Gasteiger partial charge in [0.25, 0.3) is 0 Å². The Bertz CT molecular complexity index is 530. The van der Waals surface area contributed by atoms with Crippen molar-refractivity contribution in [3.05, 3.63) is 12.2 Å². The van der Waals surface area contributed by atoms with Gasteiger partial charge in [-0.1, -0.05) is 6.58 Å². The molecule has 142 valence electrons. The molecule has 1 heterocycles. The van der Waals surface area contributed by atoms with Crippen molar-refractivity contribution >= 4 is 17.7 Å². The summed E-state index contributed by atoms with van der Waals surface area (Å²) >= 11 is 0. The van der Waals surface area contributed by atoms with E-state index in [0.29, 0.717) is 18.8 Å². The van der Waals surface area contributed by atoms with E-state index in [1.54, 1.807) is 20.8 Å². The first-order chi connectivity index (χ1) is 11.5. The number of Topliss-reactive ketones (excluding diaryl/α,β-unsaturated/α-hetero) is 1. The van der Waals surface area contributed by atoms with Gasteiger partial charge >= 0.3 is 5.97 Å². The molecule has 0 saturated carbocycles. The van der Waals surface area contributed by atoms with Gasteiger partial charge in [0.1, 0.15) is 23.8 Å². The molecule has 7 nitrogen and oxygen atoms in total. The Morgan fingerprint density at radius 3 is 2.12 bits per heavy atom. The molecule has 1 aliphatic rings. The summed E-state index contributed by atoms with van der Waals surface area (Å²) in [5.74, 6) is -2.08. The number of likely N-dealkylation sites (tertiary alicyclic amines) is 1. The third-order valence-electron chi connectivity index (χ3n) is 3.68. The highest BCUT2D eigenvalue weighted by Crippen LogP contribution is 2.34. The fourth-order valence-corrected chi connectivity index (χ4v) is 2.75. The third kappa shape index (κ3) is 5.37. The zero-order valence-electron chi connectivity index (χ0n) is 16.0. The van der Waals surface area contributed by atoms with Gasteiger partial charge in [-0.3, -0.25) is 14.4 Å². The highest BCUT2D eigenvalue weighted by atomic mass is 16.7. The molecule has 0 bridgehead atoms. The van der Waals surface area contributed by atoms with Crippen LogP contribution < -0.4 is 0 Å². The van der Waals surface area contributed by atoms with E-state index in [1.807, 2.05) is 13.8 Å². The van der Waals surface area contributed by atoms with Crippen LogP contribution in [0.1, 0.15) is 41.5 Å². The second-order valence-corrected chi connectivity index (χ2v) is 6.90. The summed E-state index contributed by atoms with van der Waals surface area (Å²) in [5.41, 5.74) is -0.205. The maximum Gasteiger partial charge on any atom is 0.326 e. The standard InChI is InChI=1S/C18H29NO6/c1-8-23-17(24-9-2)11(3)15-14(12(4)20)16(22)19(15)10-13(21)25-18(5,6)7/h14-15,17H,3,8-10H2,1-2,4-7H3. The summed E-state index contributed by atoms with van der Waals surface area (Å²) in [5, 5.41) is 0. The van der Waals surface area contributed by atoms with E-state index in [-0.39, 0.29) is 12.3 Å². The molecular formula is C18H29NO6. The molecule has 1 rings (SSSR count). The maximum absolute atomic E-state index is 12.3. The number of carbonyl (C=O) groups is 3. The molecule has 0 aromatic heterocycles. The van der Waals surface area contributed by atoms with Crippen LogP contribution in [0, 0.1) is 5.92 Å². The lowest BCUT2D eigenvalue weighted by atomic mass is 9.80. The van der Waals surface area contributed by atoms with Gasteiger partial charge in [0.05, 0.1) is 6.04 Å². The summed E-state index contributed by atoms with van der Waals surface area (Å²) in [4.78, 5) is 37.6. The van der Waals surface area contributed by atoms with Gasteiger partial charge in [0.2, 0.25) is 5.91 Å². The van der Waals surface area contributed by atoms with E-state index in [0.717, 1.165) is 0 Å². The van der Waals surface area contributed by atoms with Crippen LogP contribution in [0.4, 0.5) is 0 Å². The second-order valence-electron chi connectivity index (χ2n) is 6.90. The number of ether oxygens (including phenoxy) is 3. The summed E-state index contributed by atoms with van der Waals surface area (Å²) in [6.07, 6.45) is -0.740. The number of amides is 1. The Kier molecular flexibility index (Phi) is 7.31. The lowest BCUT2D eigenvalue weighted by Gasteiger charge is -2.47. The number of hydrogen-bond donors (Lipinski definition) is 0. The normalized spacial score (nSPS) is 20.4. The quantitative estimate of drug-likeness (QED) is 0.206. The van der Waals surface area contributed by atoms with Crippen molar-refractivity contribution in [1.29, 1.82) is 0 Å². The Morgan fingerprint density at radius 2 is 1.72 bits per heavy atom. The van der Waals surface area contributed by atoms with E-state index in [1.165, 1.54) is 11.8 Å². The van der Waals surface area contributed by atoms with Gasteiger partial charge in [0.15, 0.2) is 6.29 Å². The minimum absolute atomic E-state index is 0.242. The molecule has 1 aliphatic heterocycles. The van der Waals surface area contributed by atoms with E-state index < -0.39 is 35.7 Å². The highest BCUT2D eigenvalue weighted by Gasteiger charge is 2.53. The molecule has 0 aliphatic carbocycles. The molecule has 0 aromatic rings.